The summed E-state index contributed by atoms with van der Waals surface area (Å²) >= 11 is 0. The number of phenols is 2. The number of carbonyl (C=O) groups is 1. The number of carbonyl (C=O) groups excluding carboxylic acids is 1. The Morgan fingerprint density at radius 2 is 1.83 bits per heavy atom. The Balaban J connectivity index is 1.91. The highest BCUT2D eigenvalue weighted by Crippen LogP contribution is 2.23. The average molecular weight is 342 g/mol. The van der Waals surface area contributed by atoms with Crippen molar-refractivity contribution < 1.29 is 44.9 Å². The second-order valence-corrected chi connectivity index (χ2v) is 5.24. The number of phenolic OH excluding ortho intramolecular Hbond substituents is 2. The van der Waals surface area contributed by atoms with E-state index in [2.05, 4.69) is 0 Å². The van der Waals surface area contributed by atoms with Gasteiger partial charge in [-0.15, -0.1) is 0 Å². The molecule has 132 valence electrons. The van der Waals surface area contributed by atoms with Gasteiger partial charge in [-0.3, -0.25) is 0 Å². The molecule has 0 aliphatic carbocycles. The van der Waals surface area contributed by atoms with E-state index in [4.69, 9.17) is 9.47 Å². The van der Waals surface area contributed by atoms with Crippen molar-refractivity contribution in [3.05, 3.63) is 29.8 Å². The van der Waals surface area contributed by atoms with Crippen LogP contribution in [0.25, 0.3) is 6.08 Å². The molecule has 1 aromatic rings. The number of aliphatic hydroxyl groups is 4. The van der Waals surface area contributed by atoms with Gasteiger partial charge in [0.25, 0.3) is 0 Å². The molecule has 0 aromatic heterocycles. The Labute approximate surface area is 136 Å². The minimum atomic E-state index is -1.72. The van der Waals surface area contributed by atoms with Gasteiger partial charge in [0, 0.05) is 11.6 Å². The Morgan fingerprint density at radius 1 is 1.12 bits per heavy atom. The van der Waals surface area contributed by atoms with Gasteiger partial charge in [0.05, 0.1) is 0 Å². The number of ether oxygens (including phenoxy) is 2. The fourth-order valence-corrected chi connectivity index (χ4v) is 2.11. The zero-order valence-electron chi connectivity index (χ0n) is 12.4. The number of aliphatic hydroxyl groups excluding tert-OH is 4. The minimum absolute atomic E-state index is 0.0962. The van der Waals surface area contributed by atoms with Crippen LogP contribution >= 0.6 is 0 Å². The van der Waals surface area contributed by atoms with Gasteiger partial charge < -0.3 is 40.1 Å². The highest BCUT2D eigenvalue weighted by Gasteiger charge is 2.43. The van der Waals surface area contributed by atoms with E-state index in [9.17, 15) is 35.4 Å². The number of rotatable bonds is 4. The van der Waals surface area contributed by atoms with Crippen molar-refractivity contribution in [2.75, 3.05) is 6.61 Å². The Morgan fingerprint density at radius 3 is 2.54 bits per heavy atom. The molecule has 24 heavy (non-hydrogen) atoms. The van der Waals surface area contributed by atoms with Gasteiger partial charge >= 0.3 is 5.97 Å². The molecule has 1 fully saturated rings. The van der Waals surface area contributed by atoms with Crippen molar-refractivity contribution in [1.29, 1.82) is 0 Å². The summed E-state index contributed by atoms with van der Waals surface area (Å²) in [6.45, 7) is -0.475. The first-order valence-corrected chi connectivity index (χ1v) is 7.04. The molecular formula is C15H18O9. The maximum Gasteiger partial charge on any atom is 0.330 e. The predicted molar refractivity (Wildman–Crippen MR) is 78.7 cm³/mol. The summed E-state index contributed by atoms with van der Waals surface area (Å²) in [4.78, 5) is 11.6. The molecule has 0 saturated carbocycles. The lowest BCUT2D eigenvalue weighted by atomic mass is 9.99. The van der Waals surface area contributed by atoms with Crippen LogP contribution in [0.15, 0.2) is 24.3 Å². The molecule has 1 aliphatic heterocycles. The largest absolute Gasteiger partial charge is 0.508 e. The van der Waals surface area contributed by atoms with Crippen molar-refractivity contribution in [3.63, 3.8) is 0 Å². The number of esters is 1. The first kappa shape index (κ1) is 18.2. The molecule has 5 atom stereocenters. The molecule has 0 bridgehead atoms. The van der Waals surface area contributed by atoms with Gasteiger partial charge in [0.15, 0.2) is 6.29 Å². The van der Waals surface area contributed by atoms with Crippen LogP contribution in [0.2, 0.25) is 0 Å². The van der Waals surface area contributed by atoms with Gasteiger partial charge in [-0.1, -0.05) is 0 Å². The van der Waals surface area contributed by atoms with Crippen LogP contribution in [-0.2, 0) is 14.3 Å². The van der Waals surface area contributed by atoms with Crippen LogP contribution in [0.1, 0.15) is 5.56 Å². The lowest BCUT2D eigenvalue weighted by Gasteiger charge is -2.37. The van der Waals surface area contributed by atoms with Crippen molar-refractivity contribution >= 4 is 12.0 Å². The third-order valence-electron chi connectivity index (χ3n) is 3.49. The van der Waals surface area contributed by atoms with E-state index in [1.165, 1.54) is 24.3 Å². The number of aromatic hydroxyl groups is 2. The SMILES string of the molecule is O=C(/C=C/c1cc(O)ccc1O)OC[C@H]1OC(O)[C@H](O)[C@@H](O)[C@@H]1O. The molecule has 6 N–H and O–H groups in total. The third kappa shape index (κ3) is 4.22. The lowest BCUT2D eigenvalue weighted by Crippen LogP contribution is -2.58. The van der Waals surface area contributed by atoms with Crippen molar-refractivity contribution in [2.24, 2.45) is 0 Å². The van der Waals surface area contributed by atoms with Crippen molar-refractivity contribution in [2.45, 2.75) is 30.7 Å². The molecule has 1 heterocycles. The lowest BCUT2D eigenvalue weighted by molar-refractivity contribution is -0.287. The Kier molecular flexibility index (Phi) is 5.75. The van der Waals surface area contributed by atoms with E-state index in [1.807, 2.05) is 0 Å². The number of hydrogen-bond acceptors (Lipinski definition) is 9. The molecule has 9 nitrogen and oxygen atoms in total. The molecule has 0 radical (unpaired) electrons. The smallest absolute Gasteiger partial charge is 0.330 e. The fourth-order valence-electron chi connectivity index (χ4n) is 2.11. The first-order chi connectivity index (χ1) is 11.3. The van der Waals surface area contributed by atoms with Gasteiger partial charge in [-0.05, 0) is 24.3 Å². The van der Waals surface area contributed by atoms with E-state index < -0.39 is 43.3 Å². The van der Waals surface area contributed by atoms with Crippen LogP contribution in [-0.4, -0.2) is 73.9 Å². The van der Waals surface area contributed by atoms with E-state index in [0.717, 1.165) is 6.08 Å². The zero-order chi connectivity index (χ0) is 17.9. The van der Waals surface area contributed by atoms with Crippen LogP contribution < -0.4 is 0 Å². The summed E-state index contributed by atoms with van der Waals surface area (Å²) in [7, 11) is 0. The number of benzene rings is 1. The second-order valence-electron chi connectivity index (χ2n) is 5.24. The van der Waals surface area contributed by atoms with Crippen LogP contribution in [0.5, 0.6) is 11.5 Å². The molecule has 2 rings (SSSR count). The fraction of sp³-hybridized carbons (Fsp3) is 0.400. The first-order valence-electron chi connectivity index (χ1n) is 7.04. The molecule has 0 amide bonds. The van der Waals surface area contributed by atoms with Crippen LogP contribution in [0.3, 0.4) is 0 Å². The van der Waals surface area contributed by atoms with E-state index in [0.29, 0.717) is 0 Å². The van der Waals surface area contributed by atoms with Crippen LogP contribution in [0.4, 0.5) is 0 Å². The highest BCUT2D eigenvalue weighted by atomic mass is 16.6. The Bertz CT molecular complexity index is 615. The molecular weight excluding hydrogens is 324 g/mol. The third-order valence-corrected chi connectivity index (χ3v) is 3.49. The summed E-state index contributed by atoms with van der Waals surface area (Å²) in [5.74, 6) is -1.09. The summed E-state index contributed by atoms with van der Waals surface area (Å²) in [6.07, 6.45) is -5.60. The average Bonchev–Trinajstić information content (AvgIpc) is 2.55. The van der Waals surface area contributed by atoms with Gasteiger partial charge in [-0.25, -0.2) is 4.79 Å². The maximum atomic E-state index is 11.6. The van der Waals surface area contributed by atoms with Crippen LogP contribution in [0, 0.1) is 0 Å². The highest BCUT2D eigenvalue weighted by molar-refractivity contribution is 5.87. The van der Waals surface area contributed by atoms with E-state index >= 15 is 0 Å². The van der Waals surface area contributed by atoms with E-state index in [-0.39, 0.29) is 17.1 Å². The Hall–Kier alpha value is -2.17. The zero-order valence-corrected chi connectivity index (χ0v) is 12.4. The predicted octanol–water partition coefficient (Wildman–Crippen LogP) is -1.55. The monoisotopic (exact) mass is 342 g/mol. The molecule has 1 saturated heterocycles. The topological polar surface area (TPSA) is 157 Å². The number of hydrogen-bond donors (Lipinski definition) is 6. The minimum Gasteiger partial charge on any atom is -0.508 e. The molecule has 9 heteroatoms. The molecule has 0 spiro atoms. The quantitative estimate of drug-likeness (QED) is 0.217. The molecule has 1 aliphatic rings. The second kappa shape index (κ2) is 7.60. The maximum absolute atomic E-state index is 11.6. The van der Waals surface area contributed by atoms with Crippen molar-refractivity contribution in [3.8, 4) is 11.5 Å². The normalized spacial score (nSPS) is 30.4. The van der Waals surface area contributed by atoms with Gasteiger partial charge in [0.1, 0.15) is 42.5 Å². The molecule has 1 aromatic carbocycles. The summed E-state index contributed by atoms with van der Waals surface area (Å²) in [6, 6.07) is 3.76. The summed E-state index contributed by atoms with van der Waals surface area (Å²) < 4.78 is 9.67. The summed E-state index contributed by atoms with van der Waals surface area (Å²) in [5, 5.41) is 56.8. The van der Waals surface area contributed by atoms with E-state index in [1.54, 1.807) is 0 Å². The standard InChI is InChI=1S/C15H18O9/c16-8-2-3-9(17)7(5-8)1-4-11(18)23-6-10-12(19)13(20)14(21)15(22)24-10/h1-5,10,12-17,19-22H,6H2/b4-1+/t10-,12-,13+,14-,15?/m1/s1. The van der Waals surface area contributed by atoms with Gasteiger partial charge in [-0.2, -0.15) is 0 Å². The van der Waals surface area contributed by atoms with Crippen molar-refractivity contribution in [1.82, 2.24) is 0 Å². The summed E-state index contributed by atoms with van der Waals surface area (Å²) in [5.41, 5.74) is 0.190. The van der Waals surface area contributed by atoms with Gasteiger partial charge in [0.2, 0.25) is 0 Å². The molecule has 1 unspecified atom stereocenters.